The van der Waals surface area contributed by atoms with Crippen LogP contribution in [0.15, 0.2) is 11.7 Å². The highest BCUT2D eigenvalue weighted by Crippen LogP contribution is 2.16. The van der Waals surface area contributed by atoms with Gasteiger partial charge in [0, 0.05) is 0 Å². The Morgan fingerprint density at radius 1 is 1.40 bits per heavy atom. The Labute approximate surface area is 57.2 Å². The van der Waals surface area contributed by atoms with Gasteiger partial charge in [-0.05, 0) is 5.92 Å². The number of hydrogen-bond acceptors (Lipinski definition) is 1. The van der Waals surface area contributed by atoms with Crippen LogP contribution in [0.5, 0.6) is 0 Å². The number of carboxylic acids is 1. The topological polar surface area (TPSA) is 37.3 Å². The van der Waals surface area contributed by atoms with Gasteiger partial charge in [0.05, 0.1) is 0 Å². The Morgan fingerprint density at radius 2 is 1.80 bits per heavy atom. The minimum Gasteiger partial charge on any atom is -0.478 e. The summed E-state index contributed by atoms with van der Waals surface area (Å²) < 4.78 is 23.4. The van der Waals surface area contributed by atoms with E-state index in [1.54, 1.807) is 0 Å². The lowest BCUT2D eigenvalue weighted by Crippen LogP contribution is -2.07. The van der Waals surface area contributed by atoms with Crippen molar-refractivity contribution in [1.82, 2.24) is 0 Å². The van der Waals surface area contributed by atoms with Gasteiger partial charge in [0.2, 0.25) is 0 Å². The molecule has 0 aliphatic heterocycles. The van der Waals surface area contributed by atoms with Gasteiger partial charge < -0.3 is 5.11 Å². The molecule has 0 aromatic heterocycles. The summed E-state index contributed by atoms with van der Waals surface area (Å²) in [4.78, 5) is 10.0. The average molecular weight is 150 g/mol. The van der Waals surface area contributed by atoms with E-state index in [2.05, 4.69) is 0 Å². The Balaban J connectivity index is 4.61. The standard InChI is InChI=1S/C6H8F2O2/c1-3(2)4(5(7)8)6(9)10/h3H,1-2H3,(H,9,10). The molecule has 0 unspecified atom stereocenters. The van der Waals surface area contributed by atoms with Crippen LogP contribution in [-0.4, -0.2) is 11.1 Å². The summed E-state index contributed by atoms with van der Waals surface area (Å²) in [7, 11) is 0. The molecule has 0 aliphatic carbocycles. The molecule has 1 N–H and O–H groups in total. The van der Waals surface area contributed by atoms with Crippen LogP contribution in [0.3, 0.4) is 0 Å². The predicted octanol–water partition coefficient (Wildman–Crippen LogP) is 1.88. The lowest BCUT2D eigenvalue weighted by atomic mass is 10.1. The summed E-state index contributed by atoms with van der Waals surface area (Å²) in [6.45, 7) is 2.81. The van der Waals surface area contributed by atoms with E-state index in [1.165, 1.54) is 13.8 Å². The van der Waals surface area contributed by atoms with Crippen molar-refractivity contribution in [2.24, 2.45) is 5.92 Å². The van der Waals surface area contributed by atoms with Crippen molar-refractivity contribution < 1.29 is 18.7 Å². The predicted molar refractivity (Wildman–Crippen MR) is 31.7 cm³/mol. The zero-order valence-corrected chi connectivity index (χ0v) is 5.69. The minimum atomic E-state index is -2.11. The third kappa shape index (κ3) is 2.13. The number of carbonyl (C=O) groups is 1. The average Bonchev–Trinajstić information content (AvgIpc) is 1.59. The molecule has 0 saturated carbocycles. The lowest BCUT2D eigenvalue weighted by Gasteiger charge is -2.02. The van der Waals surface area contributed by atoms with E-state index in [0.717, 1.165) is 0 Å². The number of aliphatic carboxylic acids is 1. The monoisotopic (exact) mass is 150 g/mol. The Morgan fingerprint density at radius 3 is 1.80 bits per heavy atom. The van der Waals surface area contributed by atoms with E-state index in [1.807, 2.05) is 0 Å². The molecule has 0 rings (SSSR count). The molecule has 4 heteroatoms. The lowest BCUT2D eigenvalue weighted by molar-refractivity contribution is -0.133. The minimum absolute atomic E-state index is 0.637. The van der Waals surface area contributed by atoms with Crippen molar-refractivity contribution in [3.05, 3.63) is 11.7 Å². The van der Waals surface area contributed by atoms with Crippen LogP contribution in [0.25, 0.3) is 0 Å². The van der Waals surface area contributed by atoms with E-state index in [0.29, 0.717) is 0 Å². The highest BCUT2D eigenvalue weighted by Gasteiger charge is 2.17. The second-order valence-corrected chi connectivity index (χ2v) is 2.13. The first kappa shape index (κ1) is 9.07. The fourth-order valence-corrected chi connectivity index (χ4v) is 0.546. The van der Waals surface area contributed by atoms with Crippen LogP contribution >= 0.6 is 0 Å². The Bertz CT molecular complexity index is 169. The van der Waals surface area contributed by atoms with Gasteiger partial charge in [0.25, 0.3) is 6.08 Å². The first-order valence-corrected chi connectivity index (χ1v) is 2.75. The summed E-state index contributed by atoms with van der Waals surface area (Å²) in [5.41, 5.74) is -0.806. The number of hydrogen-bond donors (Lipinski definition) is 1. The maximum atomic E-state index is 11.7. The maximum absolute atomic E-state index is 11.7. The molecule has 0 aliphatic rings. The van der Waals surface area contributed by atoms with Crippen LogP contribution in [0, 0.1) is 5.92 Å². The summed E-state index contributed by atoms with van der Waals surface area (Å²) in [6.07, 6.45) is -2.11. The Hall–Kier alpha value is -0.930. The summed E-state index contributed by atoms with van der Waals surface area (Å²) in [6, 6.07) is 0. The first-order chi connectivity index (χ1) is 4.46. The van der Waals surface area contributed by atoms with Gasteiger partial charge in [-0.2, -0.15) is 8.78 Å². The molecule has 0 atom stereocenters. The highest BCUT2D eigenvalue weighted by molar-refractivity contribution is 5.87. The van der Waals surface area contributed by atoms with Gasteiger partial charge >= 0.3 is 5.97 Å². The van der Waals surface area contributed by atoms with E-state index in [4.69, 9.17) is 5.11 Å². The molecular formula is C6H8F2O2. The quantitative estimate of drug-likeness (QED) is 0.610. The fourth-order valence-electron chi connectivity index (χ4n) is 0.546. The van der Waals surface area contributed by atoms with E-state index < -0.39 is 23.5 Å². The molecule has 58 valence electrons. The van der Waals surface area contributed by atoms with Gasteiger partial charge in [-0.1, -0.05) is 13.8 Å². The van der Waals surface area contributed by atoms with Gasteiger partial charge in [0.15, 0.2) is 0 Å². The third-order valence-corrected chi connectivity index (χ3v) is 1.01. The largest absolute Gasteiger partial charge is 0.478 e. The maximum Gasteiger partial charge on any atom is 0.337 e. The van der Waals surface area contributed by atoms with Gasteiger partial charge in [-0.15, -0.1) is 0 Å². The SMILES string of the molecule is CC(C)C(C(=O)O)=C(F)F. The molecule has 0 aromatic rings. The second kappa shape index (κ2) is 3.29. The molecular weight excluding hydrogens is 142 g/mol. The van der Waals surface area contributed by atoms with Crippen LogP contribution in [-0.2, 0) is 4.79 Å². The highest BCUT2D eigenvalue weighted by atomic mass is 19.3. The van der Waals surface area contributed by atoms with Crippen molar-refractivity contribution in [2.75, 3.05) is 0 Å². The van der Waals surface area contributed by atoms with Crippen LogP contribution in [0.4, 0.5) is 8.78 Å². The summed E-state index contributed by atoms with van der Waals surface area (Å²) in [5.74, 6) is -2.18. The van der Waals surface area contributed by atoms with Crippen LogP contribution < -0.4 is 0 Å². The van der Waals surface area contributed by atoms with Crippen LogP contribution in [0.1, 0.15) is 13.8 Å². The molecule has 0 amide bonds. The number of carboxylic acid groups (broad SMARTS) is 1. The fraction of sp³-hybridized carbons (Fsp3) is 0.500. The van der Waals surface area contributed by atoms with Crippen LogP contribution in [0.2, 0.25) is 0 Å². The van der Waals surface area contributed by atoms with E-state index in [9.17, 15) is 13.6 Å². The van der Waals surface area contributed by atoms with Gasteiger partial charge in [-0.25, -0.2) is 4.79 Å². The third-order valence-electron chi connectivity index (χ3n) is 1.01. The smallest absolute Gasteiger partial charge is 0.337 e. The van der Waals surface area contributed by atoms with Crippen molar-refractivity contribution in [3.63, 3.8) is 0 Å². The molecule has 2 nitrogen and oxygen atoms in total. The van der Waals surface area contributed by atoms with Gasteiger partial charge in [-0.3, -0.25) is 0 Å². The molecule has 10 heavy (non-hydrogen) atoms. The summed E-state index contributed by atoms with van der Waals surface area (Å²) in [5, 5.41) is 8.18. The summed E-state index contributed by atoms with van der Waals surface area (Å²) >= 11 is 0. The molecule has 0 heterocycles. The number of halogens is 2. The first-order valence-electron chi connectivity index (χ1n) is 2.75. The molecule has 0 bridgehead atoms. The van der Waals surface area contributed by atoms with E-state index in [-0.39, 0.29) is 0 Å². The normalized spacial score (nSPS) is 9.70. The zero-order valence-electron chi connectivity index (χ0n) is 5.69. The van der Waals surface area contributed by atoms with Crippen molar-refractivity contribution >= 4 is 5.97 Å². The molecule has 0 radical (unpaired) electrons. The van der Waals surface area contributed by atoms with Crippen molar-refractivity contribution in [3.8, 4) is 0 Å². The van der Waals surface area contributed by atoms with Crippen molar-refractivity contribution in [2.45, 2.75) is 13.8 Å². The van der Waals surface area contributed by atoms with Crippen molar-refractivity contribution in [1.29, 1.82) is 0 Å². The molecule has 0 fully saturated rings. The Kier molecular flexibility index (Phi) is 2.99. The zero-order chi connectivity index (χ0) is 8.31. The molecule has 0 aromatic carbocycles. The molecule has 0 spiro atoms. The van der Waals surface area contributed by atoms with E-state index >= 15 is 0 Å². The number of rotatable bonds is 2. The second-order valence-electron chi connectivity index (χ2n) is 2.13. The molecule has 0 saturated heterocycles. The van der Waals surface area contributed by atoms with Gasteiger partial charge in [0.1, 0.15) is 5.57 Å².